The molecule has 0 fully saturated rings. The van der Waals surface area contributed by atoms with Crippen molar-refractivity contribution in [1.29, 1.82) is 0 Å². The van der Waals surface area contributed by atoms with Crippen molar-refractivity contribution in [2.24, 2.45) is 0 Å². The fourth-order valence-corrected chi connectivity index (χ4v) is 1.42. The zero-order chi connectivity index (χ0) is 11.7. The van der Waals surface area contributed by atoms with Crippen LogP contribution >= 0.6 is 24.3 Å². The lowest BCUT2D eigenvalue weighted by molar-refractivity contribution is -0.432. The van der Waals surface area contributed by atoms with E-state index in [2.05, 4.69) is 20.0 Å². The van der Waals surface area contributed by atoms with E-state index >= 15 is 0 Å². The van der Waals surface area contributed by atoms with Gasteiger partial charge < -0.3 is 10.6 Å². The van der Waals surface area contributed by atoms with Crippen molar-refractivity contribution in [1.82, 2.24) is 10.6 Å². The van der Waals surface area contributed by atoms with Gasteiger partial charge in [0.2, 0.25) is 0 Å². The largest absolute Gasteiger partial charge is 0.362 e. The van der Waals surface area contributed by atoms with Gasteiger partial charge in [0.1, 0.15) is 0 Å². The molecule has 90 valence electrons. The first-order valence-corrected chi connectivity index (χ1v) is 6.45. The number of nitrogens with one attached hydrogen (secondary N) is 2. The molecule has 11 heteroatoms. The molecule has 0 amide bonds. The summed E-state index contributed by atoms with van der Waals surface area (Å²) in [4.78, 5) is 0. The highest BCUT2D eigenvalue weighted by Crippen LogP contribution is 1.97. The highest BCUT2D eigenvalue weighted by Gasteiger charge is 2.03. The van der Waals surface area contributed by atoms with Gasteiger partial charge in [-0.2, -0.15) is 8.42 Å². The lowest BCUT2D eigenvalue weighted by atomic mass is 10.7. The summed E-state index contributed by atoms with van der Waals surface area (Å²) in [5.41, 5.74) is 0. The Labute approximate surface area is 96.1 Å². The molecular formula is C4H10N2O6S3. The summed E-state index contributed by atoms with van der Waals surface area (Å²) >= 11 is 5.46. The van der Waals surface area contributed by atoms with Crippen molar-refractivity contribution in [2.75, 3.05) is 18.2 Å². The van der Waals surface area contributed by atoms with Gasteiger partial charge >= 0.3 is 0 Å². The minimum Gasteiger partial charge on any atom is -0.362 e. The summed E-state index contributed by atoms with van der Waals surface area (Å²) in [6.07, 6.45) is 0. The summed E-state index contributed by atoms with van der Waals surface area (Å²) < 4.78 is 33.0. The van der Waals surface area contributed by atoms with Gasteiger partial charge in [-0.3, -0.25) is 4.55 Å². The Morgan fingerprint density at radius 3 is 2.67 bits per heavy atom. The molecule has 4 N–H and O–H groups in total. The monoisotopic (exact) mass is 278 g/mol. The third-order valence-corrected chi connectivity index (χ3v) is 2.44. The molecule has 0 heterocycles. The quantitative estimate of drug-likeness (QED) is 0.0911. The second-order valence-electron chi connectivity index (χ2n) is 2.12. The van der Waals surface area contributed by atoms with E-state index in [9.17, 15) is 8.42 Å². The molecule has 0 aliphatic heterocycles. The number of hydrogen-bond donors (Lipinski definition) is 4. The van der Waals surface area contributed by atoms with Crippen molar-refractivity contribution in [2.45, 2.75) is 0 Å². The molecule has 0 aromatic rings. The van der Waals surface area contributed by atoms with Gasteiger partial charge in [-0.15, -0.1) is 4.33 Å². The van der Waals surface area contributed by atoms with Crippen LogP contribution in [0.1, 0.15) is 0 Å². The molecule has 0 bridgehead atoms. The summed E-state index contributed by atoms with van der Waals surface area (Å²) in [5.74, 6) is -0.240. The zero-order valence-electron chi connectivity index (χ0n) is 7.37. The molecule has 0 saturated heterocycles. The topological polar surface area (TPSA) is 117 Å². The Balaban J connectivity index is 3.42. The normalized spacial score (nSPS) is 11.1. The SMILES string of the molecule is O=S(=O)(O)CCNC(=S)NCSOOO. The van der Waals surface area contributed by atoms with Crippen LogP contribution in [0.5, 0.6) is 0 Å². The average Bonchev–Trinajstić information content (AvgIpc) is 2.10. The zero-order valence-corrected chi connectivity index (χ0v) is 9.82. The number of rotatable bonds is 7. The van der Waals surface area contributed by atoms with E-state index in [4.69, 9.17) is 22.0 Å². The Morgan fingerprint density at radius 1 is 1.47 bits per heavy atom. The number of hydrogen-bond acceptors (Lipinski definition) is 7. The molecule has 0 radical (unpaired) electrons. The van der Waals surface area contributed by atoms with E-state index in [1.165, 1.54) is 0 Å². The van der Waals surface area contributed by atoms with Crippen molar-refractivity contribution in [3.8, 4) is 0 Å². The Bertz CT molecular complexity index is 280. The van der Waals surface area contributed by atoms with Crippen LogP contribution in [-0.4, -0.2) is 41.5 Å². The van der Waals surface area contributed by atoms with Gasteiger partial charge in [0.05, 0.1) is 23.7 Å². The van der Waals surface area contributed by atoms with Gasteiger partial charge in [-0.05, 0) is 12.2 Å². The molecule has 0 atom stereocenters. The van der Waals surface area contributed by atoms with E-state index in [0.717, 1.165) is 12.0 Å². The van der Waals surface area contributed by atoms with Crippen molar-refractivity contribution < 1.29 is 27.6 Å². The predicted molar refractivity (Wildman–Crippen MR) is 57.4 cm³/mol. The first kappa shape index (κ1) is 14.8. The lowest BCUT2D eigenvalue weighted by Gasteiger charge is -2.07. The first-order chi connectivity index (χ1) is 6.95. The fraction of sp³-hybridized carbons (Fsp3) is 0.750. The van der Waals surface area contributed by atoms with Gasteiger partial charge in [-0.25, -0.2) is 5.26 Å². The molecular weight excluding hydrogens is 268 g/mol. The second-order valence-corrected chi connectivity index (χ2v) is 4.76. The van der Waals surface area contributed by atoms with E-state index in [0.29, 0.717) is 0 Å². The lowest BCUT2D eigenvalue weighted by Crippen LogP contribution is -2.37. The Morgan fingerprint density at radius 2 is 2.13 bits per heavy atom. The molecule has 0 aliphatic carbocycles. The smallest absolute Gasteiger partial charge is 0.266 e. The molecule has 0 rings (SSSR count). The van der Waals surface area contributed by atoms with Crippen LogP contribution in [0, 0.1) is 0 Å². The number of thiocarbonyl (C=S) groups is 1. The first-order valence-electron chi connectivity index (χ1n) is 3.52. The molecule has 0 aromatic heterocycles. The Kier molecular flexibility index (Phi) is 7.95. The van der Waals surface area contributed by atoms with E-state index in [1.807, 2.05) is 0 Å². The molecule has 0 aliphatic rings. The minimum atomic E-state index is -3.98. The third-order valence-electron chi connectivity index (χ3n) is 1.02. The summed E-state index contributed by atoms with van der Waals surface area (Å²) in [5, 5.41) is 16.4. The van der Waals surface area contributed by atoms with Crippen LogP contribution in [0.25, 0.3) is 0 Å². The van der Waals surface area contributed by atoms with E-state index in [1.54, 1.807) is 0 Å². The minimum absolute atomic E-state index is 0.00725. The van der Waals surface area contributed by atoms with Crippen molar-refractivity contribution in [3.63, 3.8) is 0 Å². The third kappa shape index (κ3) is 11.8. The molecule has 0 unspecified atom stereocenters. The molecule has 0 spiro atoms. The van der Waals surface area contributed by atoms with Gasteiger partial charge in [0.25, 0.3) is 10.1 Å². The van der Waals surface area contributed by atoms with Crippen LogP contribution < -0.4 is 10.6 Å². The molecule has 0 aromatic carbocycles. The average molecular weight is 278 g/mol. The second kappa shape index (κ2) is 8.04. The van der Waals surface area contributed by atoms with Crippen molar-refractivity contribution in [3.05, 3.63) is 0 Å². The van der Waals surface area contributed by atoms with Crippen molar-refractivity contribution >= 4 is 39.5 Å². The van der Waals surface area contributed by atoms with Crippen LogP contribution in [-0.2, 0) is 19.5 Å². The summed E-state index contributed by atoms with van der Waals surface area (Å²) in [6.45, 7) is -0.00725. The highest BCUT2D eigenvalue weighted by molar-refractivity contribution is 7.94. The van der Waals surface area contributed by atoms with Gasteiger partial charge in [-0.1, -0.05) is 5.04 Å². The summed E-state index contributed by atoms with van der Waals surface area (Å²) in [7, 11) is -3.98. The highest BCUT2D eigenvalue weighted by atomic mass is 32.2. The van der Waals surface area contributed by atoms with E-state index in [-0.39, 0.29) is 17.5 Å². The maximum absolute atomic E-state index is 10.3. The van der Waals surface area contributed by atoms with Crippen LogP contribution in [0.3, 0.4) is 0 Å². The fourth-order valence-electron chi connectivity index (χ4n) is 0.497. The molecule has 8 nitrogen and oxygen atoms in total. The maximum Gasteiger partial charge on any atom is 0.266 e. The summed E-state index contributed by atoms with van der Waals surface area (Å²) in [6, 6.07) is 0. The molecule has 15 heavy (non-hydrogen) atoms. The van der Waals surface area contributed by atoms with Crippen LogP contribution in [0.2, 0.25) is 0 Å². The van der Waals surface area contributed by atoms with Crippen LogP contribution in [0.15, 0.2) is 0 Å². The van der Waals surface area contributed by atoms with E-state index < -0.39 is 15.9 Å². The standard InChI is InChI=1S/C4H10N2O6S3/c7-11-12-14-3-6-4(13)5-1-2-15(8,9)10/h7H,1-3H2,(H2,5,6,13)(H,8,9,10). The maximum atomic E-state index is 10.3. The molecule has 0 saturated carbocycles. The predicted octanol–water partition coefficient (Wildman–Crippen LogP) is -0.635. The van der Waals surface area contributed by atoms with Gasteiger partial charge in [0.15, 0.2) is 5.11 Å². The van der Waals surface area contributed by atoms with Crippen LogP contribution in [0.4, 0.5) is 0 Å². The van der Waals surface area contributed by atoms with Gasteiger partial charge in [0, 0.05) is 6.54 Å². The Hall–Kier alpha value is -0.170.